The van der Waals surface area contributed by atoms with Crippen LogP contribution in [0.1, 0.15) is 6.92 Å². The van der Waals surface area contributed by atoms with Crippen molar-refractivity contribution < 1.29 is 23.7 Å². The SMILES string of the molecule is CC=COCCOCCOCCOCCOCCN. The predicted octanol–water partition coefficient (Wildman–Crippen LogP) is 0.562. The molecule has 0 atom stereocenters. The third-order valence-electron chi connectivity index (χ3n) is 1.96. The molecule has 0 aromatic heterocycles. The van der Waals surface area contributed by atoms with Crippen molar-refractivity contribution in [1.82, 2.24) is 0 Å². The molecule has 0 aliphatic rings. The van der Waals surface area contributed by atoms with Gasteiger partial charge in [0, 0.05) is 6.54 Å². The lowest BCUT2D eigenvalue weighted by molar-refractivity contribution is -0.00549. The molecule has 0 amide bonds. The van der Waals surface area contributed by atoms with Gasteiger partial charge in [0.2, 0.25) is 0 Å². The fourth-order valence-corrected chi connectivity index (χ4v) is 1.12. The van der Waals surface area contributed by atoms with Crippen LogP contribution in [0.2, 0.25) is 0 Å². The van der Waals surface area contributed by atoms with Crippen LogP contribution in [0.5, 0.6) is 0 Å². The lowest BCUT2D eigenvalue weighted by atomic mass is 10.7. The molecule has 6 heteroatoms. The van der Waals surface area contributed by atoms with Crippen molar-refractivity contribution >= 4 is 0 Å². The Morgan fingerprint density at radius 2 is 1.11 bits per heavy atom. The number of nitrogens with two attached hydrogens (primary N) is 1. The number of allylic oxidation sites excluding steroid dienone is 1. The Morgan fingerprint density at radius 3 is 1.53 bits per heavy atom. The predicted molar refractivity (Wildman–Crippen MR) is 73.1 cm³/mol. The van der Waals surface area contributed by atoms with E-state index in [1.807, 2.05) is 13.0 Å². The highest BCUT2D eigenvalue weighted by Crippen LogP contribution is 1.84. The second-order valence-corrected chi connectivity index (χ2v) is 3.58. The highest BCUT2D eigenvalue weighted by Gasteiger charge is 1.92. The summed E-state index contributed by atoms with van der Waals surface area (Å²) < 4.78 is 26.2. The summed E-state index contributed by atoms with van der Waals surface area (Å²) in [5.74, 6) is 0. The zero-order valence-corrected chi connectivity index (χ0v) is 11.8. The minimum atomic E-state index is 0.545. The van der Waals surface area contributed by atoms with Gasteiger partial charge in [0.15, 0.2) is 0 Å². The molecule has 114 valence electrons. The van der Waals surface area contributed by atoms with Crippen LogP contribution in [0.15, 0.2) is 12.3 Å². The van der Waals surface area contributed by atoms with Gasteiger partial charge in [-0.25, -0.2) is 0 Å². The van der Waals surface area contributed by atoms with Crippen molar-refractivity contribution in [3.05, 3.63) is 12.3 Å². The molecule has 0 spiro atoms. The van der Waals surface area contributed by atoms with E-state index in [1.54, 1.807) is 6.26 Å². The molecule has 0 radical (unpaired) electrons. The number of hydrogen-bond acceptors (Lipinski definition) is 6. The maximum absolute atomic E-state index is 5.32. The summed E-state index contributed by atoms with van der Waals surface area (Å²) >= 11 is 0. The number of hydrogen-bond donors (Lipinski definition) is 1. The van der Waals surface area contributed by atoms with E-state index in [2.05, 4.69) is 0 Å². The van der Waals surface area contributed by atoms with Gasteiger partial charge >= 0.3 is 0 Å². The fraction of sp³-hybridized carbons (Fsp3) is 0.846. The molecule has 6 nitrogen and oxygen atoms in total. The number of rotatable bonds is 15. The van der Waals surface area contributed by atoms with Gasteiger partial charge in [0.05, 0.1) is 59.1 Å². The first-order valence-corrected chi connectivity index (χ1v) is 6.65. The van der Waals surface area contributed by atoms with Crippen LogP contribution in [0, 0.1) is 0 Å². The average Bonchev–Trinajstić information content (AvgIpc) is 2.43. The van der Waals surface area contributed by atoms with Crippen molar-refractivity contribution in [1.29, 1.82) is 0 Å². The molecular weight excluding hydrogens is 250 g/mol. The first-order valence-electron chi connectivity index (χ1n) is 6.65. The van der Waals surface area contributed by atoms with Gasteiger partial charge in [-0.1, -0.05) is 6.08 Å². The summed E-state index contributed by atoms with van der Waals surface area (Å²) in [5.41, 5.74) is 5.27. The van der Waals surface area contributed by atoms with Gasteiger partial charge in [-0.3, -0.25) is 0 Å². The highest BCUT2D eigenvalue weighted by atomic mass is 16.6. The van der Waals surface area contributed by atoms with E-state index in [-0.39, 0.29) is 0 Å². The van der Waals surface area contributed by atoms with Crippen LogP contribution in [0.4, 0.5) is 0 Å². The number of ether oxygens (including phenoxy) is 5. The van der Waals surface area contributed by atoms with E-state index in [1.165, 1.54) is 0 Å². The van der Waals surface area contributed by atoms with Crippen LogP contribution in [0.25, 0.3) is 0 Å². The quantitative estimate of drug-likeness (QED) is 0.348. The van der Waals surface area contributed by atoms with E-state index in [0.29, 0.717) is 66.0 Å². The van der Waals surface area contributed by atoms with Crippen LogP contribution < -0.4 is 5.73 Å². The molecule has 0 unspecified atom stereocenters. The monoisotopic (exact) mass is 277 g/mol. The van der Waals surface area contributed by atoms with Crippen molar-refractivity contribution in [2.24, 2.45) is 5.73 Å². The average molecular weight is 277 g/mol. The minimum Gasteiger partial charge on any atom is -0.499 e. The standard InChI is InChI=1S/C13H27NO5/c1-2-4-15-6-8-17-10-12-19-13-11-18-9-7-16-5-3-14/h2,4H,3,5-14H2,1H3. The Kier molecular flexibility index (Phi) is 16.7. The summed E-state index contributed by atoms with van der Waals surface area (Å²) in [4.78, 5) is 0. The molecule has 0 aromatic rings. The van der Waals surface area contributed by atoms with Crippen molar-refractivity contribution in [2.45, 2.75) is 6.92 Å². The van der Waals surface area contributed by atoms with Crippen LogP contribution in [-0.4, -0.2) is 66.0 Å². The van der Waals surface area contributed by atoms with Crippen molar-refractivity contribution in [3.8, 4) is 0 Å². The second-order valence-electron chi connectivity index (χ2n) is 3.58. The van der Waals surface area contributed by atoms with Crippen molar-refractivity contribution in [3.63, 3.8) is 0 Å². The normalized spacial score (nSPS) is 11.3. The highest BCUT2D eigenvalue weighted by molar-refractivity contribution is 4.64. The summed E-state index contributed by atoms with van der Waals surface area (Å²) in [7, 11) is 0. The zero-order valence-electron chi connectivity index (χ0n) is 11.8. The largest absolute Gasteiger partial charge is 0.499 e. The lowest BCUT2D eigenvalue weighted by Crippen LogP contribution is -2.14. The topological polar surface area (TPSA) is 72.2 Å². The Labute approximate surface area is 115 Å². The molecule has 0 rings (SSSR count). The molecule has 0 fully saturated rings. The smallest absolute Gasteiger partial charge is 0.111 e. The van der Waals surface area contributed by atoms with E-state index in [0.717, 1.165) is 0 Å². The molecule has 0 bridgehead atoms. The minimum absolute atomic E-state index is 0.545. The molecule has 0 saturated heterocycles. The molecule has 0 aliphatic heterocycles. The molecular formula is C13H27NO5. The van der Waals surface area contributed by atoms with Gasteiger partial charge in [0.25, 0.3) is 0 Å². The van der Waals surface area contributed by atoms with Gasteiger partial charge in [-0.15, -0.1) is 0 Å². The first kappa shape index (κ1) is 18.3. The summed E-state index contributed by atoms with van der Waals surface area (Å²) in [6, 6.07) is 0. The lowest BCUT2D eigenvalue weighted by Gasteiger charge is -2.07. The summed E-state index contributed by atoms with van der Waals surface area (Å²) in [6.07, 6.45) is 3.48. The van der Waals surface area contributed by atoms with Gasteiger partial charge in [0.1, 0.15) is 6.61 Å². The Hall–Kier alpha value is -0.660. The van der Waals surface area contributed by atoms with Gasteiger partial charge < -0.3 is 29.4 Å². The molecule has 0 aromatic carbocycles. The third-order valence-corrected chi connectivity index (χ3v) is 1.96. The molecule has 0 saturated carbocycles. The fourth-order valence-electron chi connectivity index (χ4n) is 1.12. The van der Waals surface area contributed by atoms with Crippen molar-refractivity contribution in [2.75, 3.05) is 66.0 Å². The molecule has 0 aliphatic carbocycles. The third kappa shape index (κ3) is 17.3. The van der Waals surface area contributed by atoms with E-state index < -0.39 is 0 Å². The van der Waals surface area contributed by atoms with Crippen LogP contribution >= 0.6 is 0 Å². The molecule has 19 heavy (non-hydrogen) atoms. The maximum Gasteiger partial charge on any atom is 0.111 e. The Bertz CT molecular complexity index is 190. The summed E-state index contributed by atoms with van der Waals surface area (Å²) in [5, 5.41) is 0. The molecule has 0 heterocycles. The second kappa shape index (κ2) is 17.3. The van der Waals surface area contributed by atoms with Crippen LogP contribution in [-0.2, 0) is 23.7 Å². The van der Waals surface area contributed by atoms with E-state index in [9.17, 15) is 0 Å². The zero-order chi connectivity index (χ0) is 14.0. The van der Waals surface area contributed by atoms with Crippen LogP contribution in [0.3, 0.4) is 0 Å². The first-order chi connectivity index (χ1) is 9.41. The maximum atomic E-state index is 5.32. The molecule has 2 N–H and O–H groups in total. The Morgan fingerprint density at radius 1 is 0.684 bits per heavy atom. The summed E-state index contributed by atoms with van der Waals surface area (Å²) in [6.45, 7) is 7.58. The Balaban J connectivity index is 2.91. The van der Waals surface area contributed by atoms with Gasteiger partial charge in [-0.2, -0.15) is 0 Å². The van der Waals surface area contributed by atoms with Gasteiger partial charge in [-0.05, 0) is 6.92 Å². The van der Waals surface area contributed by atoms with E-state index in [4.69, 9.17) is 29.4 Å². The van der Waals surface area contributed by atoms with E-state index >= 15 is 0 Å².